The van der Waals surface area contributed by atoms with Crippen molar-refractivity contribution in [2.75, 3.05) is 19.0 Å². The summed E-state index contributed by atoms with van der Waals surface area (Å²) in [5.41, 5.74) is 2.01. The van der Waals surface area contributed by atoms with Crippen molar-refractivity contribution >= 4 is 23.6 Å². The van der Waals surface area contributed by atoms with Crippen molar-refractivity contribution in [1.82, 2.24) is 10.2 Å². The van der Waals surface area contributed by atoms with Crippen LogP contribution in [0.3, 0.4) is 0 Å². The van der Waals surface area contributed by atoms with Crippen LogP contribution < -0.4 is 10.6 Å². The van der Waals surface area contributed by atoms with Crippen molar-refractivity contribution in [2.45, 2.75) is 19.0 Å². The quantitative estimate of drug-likeness (QED) is 0.795. The number of ether oxygens (including phenoxy) is 1. The zero-order chi connectivity index (χ0) is 19.2. The predicted octanol–water partition coefficient (Wildman–Crippen LogP) is 2.40. The Hall–Kier alpha value is -3.35. The van der Waals surface area contributed by atoms with E-state index in [1.807, 2.05) is 30.3 Å². The Bertz CT molecular complexity index is 821. The van der Waals surface area contributed by atoms with Gasteiger partial charge >= 0.3 is 12.0 Å². The van der Waals surface area contributed by atoms with E-state index < -0.39 is 5.97 Å². The normalized spacial score (nSPS) is 16.1. The lowest BCUT2D eigenvalue weighted by atomic mass is 10.2. The molecule has 0 saturated carbocycles. The minimum Gasteiger partial charge on any atom is -0.465 e. The van der Waals surface area contributed by atoms with Crippen molar-refractivity contribution in [3.05, 3.63) is 65.7 Å². The van der Waals surface area contributed by atoms with Gasteiger partial charge in [0.25, 0.3) is 0 Å². The number of benzene rings is 2. The molecule has 1 heterocycles. The summed E-state index contributed by atoms with van der Waals surface area (Å²) in [7, 11) is 1.31. The number of hydrogen-bond donors (Lipinski definition) is 2. The highest BCUT2D eigenvalue weighted by Gasteiger charge is 2.30. The molecule has 0 aliphatic carbocycles. The Morgan fingerprint density at radius 1 is 1.11 bits per heavy atom. The zero-order valence-corrected chi connectivity index (χ0v) is 15.0. The van der Waals surface area contributed by atoms with Crippen LogP contribution in [0.25, 0.3) is 0 Å². The summed E-state index contributed by atoms with van der Waals surface area (Å²) >= 11 is 0. The molecule has 1 atom stereocenters. The van der Waals surface area contributed by atoms with E-state index >= 15 is 0 Å². The summed E-state index contributed by atoms with van der Waals surface area (Å²) < 4.78 is 4.63. The predicted molar refractivity (Wildman–Crippen MR) is 100 cm³/mol. The minimum atomic E-state index is -0.436. The third-order valence-electron chi connectivity index (χ3n) is 4.33. The molecule has 0 aromatic heterocycles. The van der Waals surface area contributed by atoms with Crippen molar-refractivity contribution in [1.29, 1.82) is 0 Å². The van der Waals surface area contributed by atoms with Crippen LogP contribution in [-0.2, 0) is 16.1 Å². The van der Waals surface area contributed by atoms with Crippen LogP contribution in [-0.4, -0.2) is 42.5 Å². The minimum absolute atomic E-state index is 0.0200. The first kappa shape index (κ1) is 18.4. The van der Waals surface area contributed by atoms with Crippen molar-refractivity contribution < 1.29 is 19.1 Å². The van der Waals surface area contributed by atoms with Gasteiger partial charge < -0.3 is 20.3 Å². The molecular formula is C20H21N3O4. The molecule has 3 rings (SSSR count). The highest BCUT2D eigenvalue weighted by molar-refractivity contribution is 5.92. The Morgan fingerprint density at radius 3 is 2.48 bits per heavy atom. The number of amides is 3. The molecule has 1 aliphatic rings. The van der Waals surface area contributed by atoms with E-state index in [-0.39, 0.29) is 24.4 Å². The number of nitrogens with zero attached hydrogens (tertiary/aromatic N) is 1. The van der Waals surface area contributed by atoms with Crippen LogP contribution in [0.1, 0.15) is 22.3 Å². The van der Waals surface area contributed by atoms with E-state index in [1.165, 1.54) is 7.11 Å². The van der Waals surface area contributed by atoms with Crippen molar-refractivity contribution in [3.63, 3.8) is 0 Å². The lowest BCUT2D eigenvalue weighted by Gasteiger charge is -2.17. The SMILES string of the molecule is COC(=O)c1ccc(NC(=O)NC2CC(=O)N(Cc3ccccc3)C2)cc1. The third-order valence-corrected chi connectivity index (χ3v) is 4.33. The van der Waals surface area contributed by atoms with E-state index in [4.69, 9.17) is 0 Å². The number of methoxy groups -OCH3 is 1. The van der Waals surface area contributed by atoms with Gasteiger partial charge in [-0.25, -0.2) is 9.59 Å². The summed E-state index contributed by atoms with van der Waals surface area (Å²) in [4.78, 5) is 37.5. The summed E-state index contributed by atoms with van der Waals surface area (Å²) in [6, 6.07) is 15.5. The Morgan fingerprint density at radius 2 is 1.81 bits per heavy atom. The lowest BCUT2D eigenvalue weighted by molar-refractivity contribution is -0.128. The summed E-state index contributed by atoms with van der Waals surface area (Å²) in [5.74, 6) is -0.416. The number of urea groups is 1. The highest BCUT2D eigenvalue weighted by atomic mass is 16.5. The molecule has 2 N–H and O–H groups in total. The maximum Gasteiger partial charge on any atom is 0.337 e. The van der Waals surface area contributed by atoms with Gasteiger partial charge in [0.15, 0.2) is 0 Å². The van der Waals surface area contributed by atoms with Crippen LogP contribution in [0.2, 0.25) is 0 Å². The molecule has 1 saturated heterocycles. The Balaban J connectivity index is 1.51. The fourth-order valence-electron chi connectivity index (χ4n) is 2.99. The van der Waals surface area contributed by atoms with Crippen molar-refractivity contribution in [3.8, 4) is 0 Å². The second kappa shape index (κ2) is 8.35. The molecule has 0 bridgehead atoms. The van der Waals surface area contributed by atoms with Crippen LogP contribution in [0.5, 0.6) is 0 Å². The second-order valence-electron chi connectivity index (χ2n) is 6.33. The van der Waals surface area contributed by atoms with Gasteiger partial charge in [-0.15, -0.1) is 0 Å². The fourth-order valence-corrected chi connectivity index (χ4v) is 2.99. The third kappa shape index (κ3) is 4.84. The van der Waals surface area contributed by atoms with Crippen molar-refractivity contribution in [2.24, 2.45) is 0 Å². The van der Waals surface area contributed by atoms with E-state index in [9.17, 15) is 14.4 Å². The summed E-state index contributed by atoms with van der Waals surface area (Å²) in [6.07, 6.45) is 0.279. The standard InChI is InChI=1S/C20H21N3O4/c1-27-19(25)15-7-9-16(10-8-15)21-20(26)22-17-11-18(24)23(13-17)12-14-5-3-2-4-6-14/h2-10,17H,11-13H2,1H3,(H2,21,22,26). The smallest absolute Gasteiger partial charge is 0.337 e. The molecule has 1 fully saturated rings. The lowest BCUT2D eigenvalue weighted by Crippen LogP contribution is -2.39. The second-order valence-corrected chi connectivity index (χ2v) is 6.33. The summed E-state index contributed by atoms with van der Waals surface area (Å²) in [6.45, 7) is 1.01. The van der Waals surface area contributed by atoms with Gasteiger partial charge in [0.1, 0.15) is 0 Å². The molecule has 0 radical (unpaired) electrons. The largest absolute Gasteiger partial charge is 0.465 e. The zero-order valence-electron chi connectivity index (χ0n) is 15.0. The van der Waals surface area contributed by atoms with Gasteiger partial charge in [-0.3, -0.25) is 4.79 Å². The van der Waals surface area contributed by atoms with Gasteiger partial charge in [0, 0.05) is 25.2 Å². The highest BCUT2D eigenvalue weighted by Crippen LogP contribution is 2.16. The number of likely N-dealkylation sites (tertiary alicyclic amines) is 1. The average Bonchev–Trinajstić information content (AvgIpc) is 3.01. The number of nitrogens with one attached hydrogen (secondary N) is 2. The molecule has 0 spiro atoms. The maximum absolute atomic E-state index is 12.2. The molecular weight excluding hydrogens is 346 g/mol. The van der Waals surface area contributed by atoms with E-state index in [2.05, 4.69) is 15.4 Å². The van der Waals surface area contributed by atoms with Gasteiger partial charge in [0.2, 0.25) is 5.91 Å². The van der Waals surface area contributed by atoms with Gasteiger partial charge in [-0.2, -0.15) is 0 Å². The number of rotatable bonds is 5. The molecule has 7 nitrogen and oxygen atoms in total. The average molecular weight is 367 g/mol. The molecule has 1 aliphatic heterocycles. The van der Waals surface area contributed by atoms with Crippen LogP contribution >= 0.6 is 0 Å². The molecule has 1 unspecified atom stereocenters. The number of carbonyl (C=O) groups is 3. The summed E-state index contributed by atoms with van der Waals surface area (Å²) in [5, 5.41) is 5.52. The van der Waals surface area contributed by atoms with Gasteiger partial charge in [-0.05, 0) is 29.8 Å². The van der Waals surface area contributed by atoms with E-state index in [1.54, 1.807) is 29.2 Å². The molecule has 27 heavy (non-hydrogen) atoms. The Labute approximate surface area is 157 Å². The topological polar surface area (TPSA) is 87.7 Å². The monoisotopic (exact) mass is 367 g/mol. The van der Waals surface area contributed by atoms with Gasteiger partial charge in [-0.1, -0.05) is 30.3 Å². The first-order valence-electron chi connectivity index (χ1n) is 8.63. The first-order chi connectivity index (χ1) is 13.0. The van der Waals surface area contributed by atoms with Gasteiger partial charge in [0.05, 0.1) is 18.7 Å². The van der Waals surface area contributed by atoms with Crippen LogP contribution in [0, 0.1) is 0 Å². The molecule has 7 heteroatoms. The van der Waals surface area contributed by atoms with E-state index in [0.29, 0.717) is 24.3 Å². The first-order valence-corrected chi connectivity index (χ1v) is 8.63. The van der Waals surface area contributed by atoms with Crippen LogP contribution in [0.4, 0.5) is 10.5 Å². The number of esters is 1. The number of carbonyl (C=O) groups excluding carboxylic acids is 3. The Kier molecular flexibility index (Phi) is 5.71. The molecule has 2 aromatic carbocycles. The van der Waals surface area contributed by atoms with Crippen LogP contribution in [0.15, 0.2) is 54.6 Å². The molecule has 2 aromatic rings. The number of hydrogen-bond acceptors (Lipinski definition) is 4. The van der Waals surface area contributed by atoms with E-state index in [0.717, 1.165) is 5.56 Å². The maximum atomic E-state index is 12.2. The fraction of sp³-hybridized carbons (Fsp3) is 0.250. The number of anilines is 1. The molecule has 140 valence electrons. The molecule has 3 amide bonds.